The van der Waals surface area contributed by atoms with Gasteiger partial charge in [-0.15, -0.1) is 0 Å². The van der Waals surface area contributed by atoms with Crippen molar-refractivity contribution < 1.29 is 14.0 Å². The quantitative estimate of drug-likeness (QED) is 0.858. The molecule has 2 rings (SSSR count). The highest BCUT2D eigenvalue weighted by Gasteiger charge is 2.31. The van der Waals surface area contributed by atoms with Crippen LogP contribution in [0.3, 0.4) is 0 Å². The van der Waals surface area contributed by atoms with E-state index in [4.69, 9.17) is 19.7 Å². The van der Waals surface area contributed by atoms with Crippen molar-refractivity contribution in [3.05, 3.63) is 11.7 Å². The predicted octanol–water partition coefficient (Wildman–Crippen LogP) is 1.52. The third kappa shape index (κ3) is 3.07. The Bertz CT molecular complexity index is 384. The van der Waals surface area contributed by atoms with Crippen molar-refractivity contribution in [1.82, 2.24) is 10.1 Å². The SMILES string of the molecule is CC(C)OCC(C)(N)c1noc(C2CCCO2)n1. The van der Waals surface area contributed by atoms with Gasteiger partial charge in [-0.05, 0) is 33.6 Å². The maximum Gasteiger partial charge on any atom is 0.255 e. The lowest BCUT2D eigenvalue weighted by Crippen LogP contribution is -2.40. The standard InChI is InChI=1S/C12H21N3O3/c1-8(2)17-7-12(3,13)11-14-10(18-15-11)9-5-4-6-16-9/h8-9H,4-7,13H2,1-3H3. The maximum absolute atomic E-state index is 6.15. The monoisotopic (exact) mass is 255 g/mol. The molecular weight excluding hydrogens is 234 g/mol. The topological polar surface area (TPSA) is 83.4 Å². The van der Waals surface area contributed by atoms with Crippen LogP contribution in [0, 0.1) is 0 Å². The molecule has 2 heterocycles. The first kappa shape index (κ1) is 13.5. The van der Waals surface area contributed by atoms with Crippen molar-refractivity contribution in [3.8, 4) is 0 Å². The van der Waals surface area contributed by atoms with Gasteiger partial charge in [0.05, 0.1) is 12.7 Å². The van der Waals surface area contributed by atoms with Gasteiger partial charge in [0.2, 0.25) is 0 Å². The van der Waals surface area contributed by atoms with Crippen molar-refractivity contribution in [2.45, 2.75) is 51.4 Å². The summed E-state index contributed by atoms with van der Waals surface area (Å²) in [6.07, 6.45) is 2.00. The van der Waals surface area contributed by atoms with E-state index in [2.05, 4.69) is 10.1 Å². The Morgan fingerprint density at radius 3 is 2.94 bits per heavy atom. The molecule has 0 saturated carbocycles. The van der Waals surface area contributed by atoms with E-state index >= 15 is 0 Å². The number of ether oxygens (including phenoxy) is 2. The fourth-order valence-corrected chi connectivity index (χ4v) is 1.77. The molecule has 2 unspecified atom stereocenters. The van der Waals surface area contributed by atoms with Crippen LogP contribution >= 0.6 is 0 Å². The maximum atomic E-state index is 6.15. The molecule has 18 heavy (non-hydrogen) atoms. The summed E-state index contributed by atoms with van der Waals surface area (Å²) in [6, 6.07) is 0. The fraction of sp³-hybridized carbons (Fsp3) is 0.833. The molecule has 1 aromatic rings. The van der Waals surface area contributed by atoms with E-state index in [0.717, 1.165) is 19.4 Å². The summed E-state index contributed by atoms with van der Waals surface area (Å²) >= 11 is 0. The molecule has 0 bridgehead atoms. The van der Waals surface area contributed by atoms with Gasteiger partial charge in [-0.2, -0.15) is 4.98 Å². The average Bonchev–Trinajstić information content (AvgIpc) is 2.96. The number of aromatic nitrogens is 2. The Morgan fingerprint density at radius 1 is 1.56 bits per heavy atom. The van der Waals surface area contributed by atoms with E-state index in [1.807, 2.05) is 20.8 Å². The van der Waals surface area contributed by atoms with Gasteiger partial charge in [-0.3, -0.25) is 0 Å². The molecule has 0 aliphatic carbocycles. The zero-order valence-electron chi connectivity index (χ0n) is 11.2. The molecule has 0 spiro atoms. The Morgan fingerprint density at radius 2 is 2.33 bits per heavy atom. The van der Waals surface area contributed by atoms with Crippen molar-refractivity contribution in [3.63, 3.8) is 0 Å². The first-order chi connectivity index (χ1) is 8.49. The van der Waals surface area contributed by atoms with E-state index in [-0.39, 0.29) is 12.2 Å². The van der Waals surface area contributed by atoms with E-state index < -0.39 is 5.54 Å². The van der Waals surface area contributed by atoms with E-state index in [9.17, 15) is 0 Å². The highest BCUT2D eigenvalue weighted by atomic mass is 16.5. The number of rotatable bonds is 5. The Labute approximate surface area is 107 Å². The minimum Gasteiger partial charge on any atom is -0.376 e. The molecule has 1 saturated heterocycles. The van der Waals surface area contributed by atoms with Crippen LogP contribution in [0.2, 0.25) is 0 Å². The molecule has 6 nitrogen and oxygen atoms in total. The van der Waals surface area contributed by atoms with Gasteiger partial charge < -0.3 is 19.7 Å². The lowest BCUT2D eigenvalue weighted by Gasteiger charge is -2.21. The zero-order valence-corrected chi connectivity index (χ0v) is 11.2. The smallest absolute Gasteiger partial charge is 0.255 e. The van der Waals surface area contributed by atoms with Gasteiger partial charge in [-0.1, -0.05) is 5.16 Å². The van der Waals surface area contributed by atoms with Gasteiger partial charge in [-0.25, -0.2) is 0 Å². The molecule has 1 aromatic heterocycles. The minimum atomic E-state index is -0.745. The Kier molecular flexibility index (Phi) is 3.99. The summed E-state index contributed by atoms with van der Waals surface area (Å²) in [5, 5.41) is 3.94. The summed E-state index contributed by atoms with van der Waals surface area (Å²) in [5.41, 5.74) is 5.40. The van der Waals surface area contributed by atoms with Crippen molar-refractivity contribution >= 4 is 0 Å². The first-order valence-electron chi connectivity index (χ1n) is 6.35. The van der Waals surface area contributed by atoms with Crippen molar-refractivity contribution in [2.75, 3.05) is 13.2 Å². The van der Waals surface area contributed by atoms with Crippen LogP contribution in [0.1, 0.15) is 51.4 Å². The summed E-state index contributed by atoms with van der Waals surface area (Å²) in [4.78, 5) is 4.33. The average molecular weight is 255 g/mol. The minimum absolute atomic E-state index is 0.0759. The van der Waals surface area contributed by atoms with Gasteiger partial charge in [0.25, 0.3) is 5.89 Å². The highest BCUT2D eigenvalue weighted by Crippen LogP contribution is 2.28. The van der Waals surface area contributed by atoms with Crippen molar-refractivity contribution in [1.29, 1.82) is 0 Å². The van der Waals surface area contributed by atoms with Crippen LogP contribution in [0.25, 0.3) is 0 Å². The van der Waals surface area contributed by atoms with Gasteiger partial charge in [0, 0.05) is 6.61 Å². The molecular formula is C12H21N3O3. The van der Waals surface area contributed by atoms with Crippen LogP contribution in [-0.2, 0) is 15.0 Å². The van der Waals surface area contributed by atoms with Gasteiger partial charge in [0.15, 0.2) is 5.82 Å². The molecule has 0 aromatic carbocycles. The second-order valence-electron chi connectivity index (χ2n) is 5.24. The third-order valence-corrected chi connectivity index (χ3v) is 2.87. The Balaban J connectivity index is 2.03. The molecule has 2 N–H and O–H groups in total. The van der Waals surface area contributed by atoms with E-state index in [1.165, 1.54) is 0 Å². The highest BCUT2D eigenvalue weighted by molar-refractivity contribution is 5.03. The van der Waals surface area contributed by atoms with Crippen molar-refractivity contribution in [2.24, 2.45) is 5.73 Å². The zero-order chi connectivity index (χ0) is 13.2. The van der Waals surface area contributed by atoms with E-state index in [0.29, 0.717) is 18.3 Å². The van der Waals surface area contributed by atoms with Crippen LogP contribution in [0.5, 0.6) is 0 Å². The molecule has 2 atom stereocenters. The lowest BCUT2D eigenvalue weighted by molar-refractivity contribution is 0.0410. The second-order valence-corrected chi connectivity index (χ2v) is 5.24. The molecule has 0 amide bonds. The summed E-state index contributed by atoms with van der Waals surface area (Å²) in [5.74, 6) is 0.984. The largest absolute Gasteiger partial charge is 0.376 e. The van der Waals surface area contributed by atoms with Crippen LogP contribution in [0.4, 0.5) is 0 Å². The lowest BCUT2D eigenvalue weighted by atomic mass is 10.1. The number of nitrogens with two attached hydrogens (primary N) is 1. The number of hydrogen-bond acceptors (Lipinski definition) is 6. The molecule has 0 radical (unpaired) electrons. The molecule has 1 aliphatic heterocycles. The summed E-state index contributed by atoms with van der Waals surface area (Å²) in [6.45, 7) is 6.86. The van der Waals surface area contributed by atoms with Crippen LogP contribution in [0.15, 0.2) is 4.52 Å². The molecule has 1 fully saturated rings. The molecule has 1 aliphatic rings. The first-order valence-corrected chi connectivity index (χ1v) is 6.35. The second kappa shape index (κ2) is 5.34. The fourth-order valence-electron chi connectivity index (χ4n) is 1.77. The number of nitrogens with zero attached hydrogens (tertiary/aromatic N) is 2. The molecule has 102 valence electrons. The van der Waals surface area contributed by atoms with Gasteiger partial charge >= 0.3 is 0 Å². The summed E-state index contributed by atoms with van der Waals surface area (Å²) in [7, 11) is 0. The summed E-state index contributed by atoms with van der Waals surface area (Å²) < 4.78 is 16.2. The van der Waals surface area contributed by atoms with Crippen LogP contribution < -0.4 is 5.73 Å². The number of hydrogen-bond donors (Lipinski definition) is 1. The van der Waals surface area contributed by atoms with Gasteiger partial charge in [0.1, 0.15) is 11.6 Å². The third-order valence-electron chi connectivity index (χ3n) is 2.87. The van der Waals surface area contributed by atoms with E-state index in [1.54, 1.807) is 0 Å². The van der Waals surface area contributed by atoms with Crippen LogP contribution in [-0.4, -0.2) is 29.5 Å². The Hall–Kier alpha value is -0.980. The predicted molar refractivity (Wildman–Crippen MR) is 64.9 cm³/mol. The molecule has 6 heteroatoms. The normalized spacial score (nSPS) is 23.5.